The number of hydrogen-bond donors (Lipinski definition) is 2. The van der Waals surface area contributed by atoms with Gasteiger partial charge in [0.1, 0.15) is 11.6 Å². The van der Waals surface area contributed by atoms with Crippen LogP contribution in [0.25, 0.3) is 22.3 Å². The molecule has 3 aromatic heterocycles. The maximum Gasteiger partial charge on any atom is 0.162 e. The van der Waals surface area contributed by atoms with Crippen LogP contribution in [0.1, 0.15) is 35.8 Å². The summed E-state index contributed by atoms with van der Waals surface area (Å²) in [5.74, 6) is 3.60. The van der Waals surface area contributed by atoms with E-state index >= 15 is 0 Å². The van der Waals surface area contributed by atoms with Crippen LogP contribution < -0.4 is 15.5 Å². The number of fused-ring (bicyclic) bond motifs is 1. The Morgan fingerprint density at radius 2 is 1.78 bits per heavy atom. The predicted octanol–water partition coefficient (Wildman–Crippen LogP) is 4.23. The van der Waals surface area contributed by atoms with Gasteiger partial charge >= 0.3 is 0 Å². The molecule has 4 aromatic rings. The van der Waals surface area contributed by atoms with Gasteiger partial charge in [-0.05, 0) is 54.2 Å². The summed E-state index contributed by atoms with van der Waals surface area (Å²) in [6, 6.07) is 12.5. The normalized spacial score (nSPS) is 18.3. The molecule has 0 radical (unpaired) electrons. The predicted molar refractivity (Wildman–Crippen MR) is 141 cm³/mol. The molecule has 0 unspecified atom stereocenters. The highest BCUT2D eigenvalue weighted by Crippen LogP contribution is 2.44. The molecule has 2 saturated heterocycles. The average molecular weight is 480 g/mol. The Balaban J connectivity index is 1.24. The average Bonchev–Trinajstić information content (AvgIpc) is 3.74. The van der Waals surface area contributed by atoms with Crippen LogP contribution in [0, 0.1) is 0 Å². The minimum absolute atomic E-state index is 0.519. The lowest BCUT2D eigenvalue weighted by Gasteiger charge is -2.30. The van der Waals surface area contributed by atoms with Gasteiger partial charge in [0, 0.05) is 61.1 Å². The Labute approximate surface area is 210 Å². The molecule has 2 N–H and O–H groups in total. The standard InChI is InChI=1S/C28H29N7O/c1-2-19(1)23-14-30-15-24-26(23)28(35-11-9-29-10-12-35)34-27(33-24)20-7-8-31-25(13-20)32-22-5-3-18(4-6-22)21-16-36-17-21/h3-8,13-15,19,21,29H,1-2,9-12,16-17H2,(H,31,32). The van der Waals surface area contributed by atoms with Gasteiger partial charge in [-0.1, -0.05) is 12.1 Å². The van der Waals surface area contributed by atoms with E-state index in [1.54, 1.807) is 0 Å². The quantitative estimate of drug-likeness (QED) is 0.425. The van der Waals surface area contributed by atoms with Gasteiger partial charge in [-0.15, -0.1) is 0 Å². The van der Waals surface area contributed by atoms with E-state index in [2.05, 4.69) is 49.8 Å². The zero-order chi connectivity index (χ0) is 23.9. The fraction of sp³-hybridized carbons (Fsp3) is 0.357. The van der Waals surface area contributed by atoms with Crippen molar-refractivity contribution in [1.82, 2.24) is 25.3 Å². The number of hydrogen-bond acceptors (Lipinski definition) is 8. The van der Waals surface area contributed by atoms with Crippen LogP contribution in [-0.2, 0) is 4.74 Å². The summed E-state index contributed by atoms with van der Waals surface area (Å²) in [5, 5.41) is 8.06. The van der Waals surface area contributed by atoms with Gasteiger partial charge in [0.2, 0.25) is 0 Å². The number of pyridine rings is 2. The molecule has 0 atom stereocenters. The van der Waals surface area contributed by atoms with Gasteiger partial charge in [0.05, 0.1) is 24.9 Å². The Hall–Kier alpha value is -3.62. The molecule has 3 aliphatic rings. The third-order valence-corrected chi connectivity index (χ3v) is 7.36. The summed E-state index contributed by atoms with van der Waals surface area (Å²) in [7, 11) is 0. The summed E-state index contributed by atoms with van der Waals surface area (Å²) >= 11 is 0. The molecule has 0 amide bonds. The third-order valence-electron chi connectivity index (χ3n) is 7.36. The van der Waals surface area contributed by atoms with E-state index in [9.17, 15) is 0 Å². The zero-order valence-corrected chi connectivity index (χ0v) is 20.2. The van der Waals surface area contributed by atoms with Crippen LogP contribution in [0.5, 0.6) is 0 Å². The number of anilines is 3. The van der Waals surface area contributed by atoms with E-state index in [0.29, 0.717) is 17.7 Å². The van der Waals surface area contributed by atoms with E-state index in [-0.39, 0.29) is 0 Å². The van der Waals surface area contributed by atoms with Gasteiger partial charge in [0.25, 0.3) is 0 Å². The maximum atomic E-state index is 5.32. The van der Waals surface area contributed by atoms with Crippen LogP contribution in [0.3, 0.4) is 0 Å². The largest absolute Gasteiger partial charge is 0.380 e. The highest BCUT2D eigenvalue weighted by Gasteiger charge is 2.29. The SMILES string of the molecule is c1cc(-c2nc(N3CCNCC3)c3c(C4CC4)cncc3n2)cc(Nc2ccc(C3COC3)cc2)n1. The second-order valence-electron chi connectivity index (χ2n) is 9.92. The van der Waals surface area contributed by atoms with Crippen molar-refractivity contribution in [3.05, 3.63) is 66.1 Å². The number of benzene rings is 1. The molecule has 2 aliphatic heterocycles. The fourth-order valence-corrected chi connectivity index (χ4v) is 5.08. The van der Waals surface area contributed by atoms with Crippen molar-refractivity contribution in [3.63, 3.8) is 0 Å². The first-order chi connectivity index (χ1) is 17.8. The summed E-state index contributed by atoms with van der Waals surface area (Å²) in [5.41, 5.74) is 5.47. The van der Waals surface area contributed by atoms with Crippen LogP contribution in [0.4, 0.5) is 17.3 Å². The summed E-state index contributed by atoms with van der Waals surface area (Å²) in [6.07, 6.45) is 8.16. The van der Waals surface area contributed by atoms with Gasteiger partial charge in [-0.3, -0.25) is 4.98 Å². The Morgan fingerprint density at radius 1 is 0.944 bits per heavy atom. The van der Waals surface area contributed by atoms with Crippen molar-refractivity contribution in [1.29, 1.82) is 0 Å². The lowest BCUT2D eigenvalue weighted by Crippen LogP contribution is -2.44. The Bertz CT molecular complexity index is 1390. The molecule has 0 spiro atoms. The van der Waals surface area contributed by atoms with E-state index in [1.165, 1.54) is 29.4 Å². The molecule has 3 fully saturated rings. The topological polar surface area (TPSA) is 88.1 Å². The molecule has 8 heteroatoms. The first-order valence-corrected chi connectivity index (χ1v) is 12.8. The molecule has 1 aliphatic carbocycles. The Kier molecular flexibility index (Phi) is 5.48. The number of nitrogens with one attached hydrogen (secondary N) is 2. The lowest BCUT2D eigenvalue weighted by molar-refractivity contribution is 0.00843. The van der Waals surface area contributed by atoms with Gasteiger partial charge in [-0.2, -0.15) is 0 Å². The highest BCUT2D eigenvalue weighted by molar-refractivity contribution is 5.94. The summed E-state index contributed by atoms with van der Waals surface area (Å²) < 4.78 is 5.32. The summed E-state index contributed by atoms with van der Waals surface area (Å²) in [6.45, 7) is 5.42. The molecule has 1 saturated carbocycles. The number of ether oxygens (including phenoxy) is 1. The second-order valence-corrected chi connectivity index (χ2v) is 9.92. The number of aromatic nitrogens is 4. The van der Waals surface area contributed by atoms with Crippen LogP contribution in [0.2, 0.25) is 0 Å². The molecule has 36 heavy (non-hydrogen) atoms. The van der Waals surface area contributed by atoms with Crippen molar-refractivity contribution >= 4 is 28.2 Å². The molecule has 7 rings (SSSR count). The van der Waals surface area contributed by atoms with Gasteiger partial charge < -0.3 is 20.3 Å². The molecular formula is C28H29N7O. The maximum absolute atomic E-state index is 5.32. The molecule has 1 aromatic carbocycles. The zero-order valence-electron chi connectivity index (χ0n) is 20.2. The molecule has 8 nitrogen and oxygen atoms in total. The van der Waals surface area contributed by atoms with Crippen molar-refractivity contribution in [2.45, 2.75) is 24.7 Å². The highest BCUT2D eigenvalue weighted by atomic mass is 16.5. The van der Waals surface area contributed by atoms with Crippen molar-refractivity contribution in [2.24, 2.45) is 0 Å². The number of rotatable bonds is 6. The van der Waals surface area contributed by atoms with E-state index < -0.39 is 0 Å². The number of piperazine rings is 1. The Morgan fingerprint density at radius 3 is 2.53 bits per heavy atom. The minimum Gasteiger partial charge on any atom is -0.380 e. The van der Waals surface area contributed by atoms with Crippen LogP contribution in [0.15, 0.2) is 55.0 Å². The fourth-order valence-electron chi connectivity index (χ4n) is 5.08. The molecule has 0 bridgehead atoms. The van der Waals surface area contributed by atoms with Crippen molar-refractivity contribution in [3.8, 4) is 11.4 Å². The third kappa shape index (κ3) is 4.16. The van der Waals surface area contributed by atoms with E-state index in [4.69, 9.17) is 14.7 Å². The first-order valence-electron chi connectivity index (χ1n) is 12.8. The summed E-state index contributed by atoms with van der Waals surface area (Å²) in [4.78, 5) is 21.6. The smallest absolute Gasteiger partial charge is 0.162 e. The van der Waals surface area contributed by atoms with Crippen LogP contribution >= 0.6 is 0 Å². The van der Waals surface area contributed by atoms with Gasteiger partial charge in [-0.25, -0.2) is 15.0 Å². The lowest BCUT2D eigenvalue weighted by atomic mass is 9.97. The van der Waals surface area contributed by atoms with Crippen molar-refractivity contribution < 1.29 is 4.74 Å². The van der Waals surface area contributed by atoms with Crippen LogP contribution in [-0.4, -0.2) is 59.3 Å². The molecular weight excluding hydrogens is 450 g/mol. The molecule has 5 heterocycles. The number of nitrogens with zero attached hydrogens (tertiary/aromatic N) is 5. The van der Waals surface area contributed by atoms with E-state index in [1.807, 2.05) is 30.7 Å². The minimum atomic E-state index is 0.519. The van der Waals surface area contributed by atoms with Gasteiger partial charge in [0.15, 0.2) is 5.82 Å². The molecule has 182 valence electrons. The van der Waals surface area contributed by atoms with Crippen molar-refractivity contribution in [2.75, 3.05) is 49.6 Å². The first kappa shape index (κ1) is 21.6. The van der Waals surface area contributed by atoms with E-state index in [0.717, 1.165) is 67.8 Å². The second kappa shape index (κ2) is 9.11. The monoisotopic (exact) mass is 479 g/mol.